The van der Waals surface area contributed by atoms with Crippen molar-refractivity contribution in [2.24, 2.45) is 0 Å². The van der Waals surface area contributed by atoms with Gasteiger partial charge in [-0.3, -0.25) is 0 Å². The van der Waals surface area contributed by atoms with Gasteiger partial charge in [-0.05, 0) is 0 Å². The fraction of sp³-hybridized carbons (Fsp3) is 1.00. The van der Waals surface area contributed by atoms with Crippen LogP contribution in [-0.2, 0) is 0 Å². The zero-order valence-corrected chi connectivity index (χ0v) is 11.7. The molecule has 0 aliphatic rings. The highest BCUT2D eigenvalue weighted by Gasteiger charge is 2.18. The molecule has 1 atom stereocenters. The minimum Gasteiger partial charge on any atom is -0.155 e. The summed E-state index contributed by atoms with van der Waals surface area (Å²) in [7, 11) is 0. The molecular formula is C11H24S2. The predicted octanol–water partition coefficient (Wildman–Crippen LogP) is 4.44. The summed E-state index contributed by atoms with van der Waals surface area (Å²) in [4.78, 5) is 0. The van der Waals surface area contributed by atoms with Gasteiger partial charge in [0.2, 0.25) is 0 Å². The summed E-state index contributed by atoms with van der Waals surface area (Å²) in [6.45, 7) is 16.0. The van der Waals surface area contributed by atoms with Crippen LogP contribution in [0.25, 0.3) is 0 Å². The fourth-order valence-corrected chi connectivity index (χ4v) is 3.42. The van der Waals surface area contributed by atoms with Gasteiger partial charge >= 0.3 is 0 Å². The van der Waals surface area contributed by atoms with Crippen LogP contribution >= 0.6 is 23.5 Å². The molecular weight excluding hydrogens is 196 g/mol. The summed E-state index contributed by atoms with van der Waals surface area (Å²) in [6, 6.07) is 0. The molecule has 0 saturated carbocycles. The molecule has 0 amide bonds. The maximum atomic E-state index is 2.33. The van der Waals surface area contributed by atoms with E-state index in [1.165, 1.54) is 5.75 Å². The van der Waals surface area contributed by atoms with Crippen LogP contribution in [0.15, 0.2) is 0 Å². The van der Waals surface area contributed by atoms with Crippen LogP contribution in [-0.4, -0.2) is 20.5 Å². The van der Waals surface area contributed by atoms with E-state index in [0.717, 1.165) is 5.25 Å². The summed E-state index contributed by atoms with van der Waals surface area (Å²) in [6.07, 6.45) is 0. The van der Waals surface area contributed by atoms with E-state index in [0.29, 0.717) is 9.49 Å². The molecule has 0 aliphatic heterocycles. The van der Waals surface area contributed by atoms with Crippen molar-refractivity contribution >= 4 is 23.5 Å². The lowest BCUT2D eigenvalue weighted by atomic mass is 10.3. The molecule has 80 valence electrons. The van der Waals surface area contributed by atoms with E-state index < -0.39 is 0 Å². The Kier molecular flexibility index (Phi) is 5.24. The molecule has 0 spiro atoms. The molecule has 0 N–H and O–H groups in total. The van der Waals surface area contributed by atoms with Crippen molar-refractivity contribution in [2.75, 3.05) is 5.75 Å². The Morgan fingerprint density at radius 3 is 1.69 bits per heavy atom. The number of rotatable bonds is 3. The number of thioether (sulfide) groups is 2. The predicted molar refractivity (Wildman–Crippen MR) is 69.0 cm³/mol. The smallest absolute Gasteiger partial charge is 0.0115 e. The van der Waals surface area contributed by atoms with Crippen LogP contribution in [0.1, 0.15) is 48.5 Å². The molecule has 1 unspecified atom stereocenters. The van der Waals surface area contributed by atoms with Crippen molar-refractivity contribution in [1.82, 2.24) is 0 Å². The molecule has 0 aromatic heterocycles. The van der Waals surface area contributed by atoms with Gasteiger partial charge in [0, 0.05) is 20.5 Å². The summed E-state index contributed by atoms with van der Waals surface area (Å²) in [5.74, 6) is 1.26. The topological polar surface area (TPSA) is 0 Å². The van der Waals surface area contributed by atoms with Crippen molar-refractivity contribution < 1.29 is 0 Å². The average molecular weight is 220 g/mol. The molecule has 0 nitrogen and oxygen atoms in total. The Hall–Kier alpha value is 0.700. The second-order valence-corrected chi connectivity index (χ2v) is 9.58. The third kappa shape index (κ3) is 10.6. The lowest BCUT2D eigenvalue weighted by Gasteiger charge is -2.25. The molecule has 0 fully saturated rings. The molecule has 13 heavy (non-hydrogen) atoms. The van der Waals surface area contributed by atoms with Crippen molar-refractivity contribution in [1.29, 1.82) is 0 Å². The average Bonchev–Trinajstić information content (AvgIpc) is 1.78. The van der Waals surface area contributed by atoms with Crippen LogP contribution in [0.3, 0.4) is 0 Å². The number of hydrogen-bond acceptors (Lipinski definition) is 2. The normalized spacial score (nSPS) is 15.9. The maximum Gasteiger partial charge on any atom is 0.0115 e. The summed E-state index contributed by atoms with van der Waals surface area (Å²) >= 11 is 4.14. The van der Waals surface area contributed by atoms with Crippen molar-refractivity contribution in [3.05, 3.63) is 0 Å². The maximum absolute atomic E-state index is 2.33. The molecule has 2 heteroatoms. The van der Waals surface area contributed by atoms with E-state index in [9.17, 15) is 0 Å². The standard InChI is InChI=1S/C11H24S2/c1-9(13-11(5,6)7)8-12-10(2,3)4/h9H,8H2,1-7H3. The SMILES string of the molecule is CC(CSC(C)(C)C)SC(C)(C)C. The van der Waals surface area contributed by atoms with E-state index >= 15 is 0 Å². The van der Waals surface area contributed by atoms with E-state index in [1.807, 2.05) is 0 Å². The molecule has 0 radical (unpaired) electrons. The van der Waals surface area contributed by atoms with Crippen LogP contribution in [0, 0.1) is 0 Å². The van der Waals surface area contributed by atoms with Gasteiger partial charge in [-0.25, -0.2) is 0 Å². The zero-order chi connectivity index (χ0) is 10.7. The van der Waals surface area contributed by atoms with Gasteiger partial charge in [0.1, 0.15) is 0 Å². The fourth-order valence-electron chi connectivity index (χ4n) is 1.00. The molecule has 0 bridgehead atoms. The van der Waals surface area contributed by atoms with E-state index in [2.05, 4.69) is 72.0 Å². The Morgan fingerprint density at radius 1 is 0.923 bits per heavy atom. The highest BCUT2D eigenvalue weighted by atomic mass is 32.2. The van der Waals surface area contributed by atoms with E-state index in [1.54, 1.807) is 0 Å². The van der Waals surface area contributed by atoms with Crippen molar-refractivity contribution in [3.63, 3.8) is 0 Å². The second-order valence-electron chi connectivity index (χ2n) is 5.46. The Labute approximate surface area is 92.6 Å². The van der Waals surface area contributed by atoms with Gasteiger partial charge < -0.3 is 0 Å². The summed E-state index contributed by atoms with van der Waals surface area (Å²) in [5, 5.41) is 0.754. The molecule has 0 aromatic rings. The van der Waals surface area contributed by atoms with E-state index in [4.69, 9.17) is 0 Å². The molecule has 0 aliphatic carbocycles. The zero-order valence-electron chi connectivity index (χ0n) is 10.1. The highest BCUT2D eigenvalue weighted by molar-refractivity contribution is 8.04. The lowest BCUT2D eigenvalue weighted by molar-refractivity contribution is 0.789. The van der Waals surface area contributed by atoms with E-state index in [-0.39, 0.29) is 0 Å². The molecule has 0 rings (SSSR count). The van der Waals surface area contributed by atoms with Gasteiger partial charge in [0.15, 0.2) is 0 Å². The van der Waals surface area contributed by atoms with Crippen LogP contribution in [0.4, 0.5) is 0 Å². The quantitative estimate of drug-likeness (QED) is 0.690. The monoisotopic (exact) mass is 220 g/mol. The summed E-state index contributed by atoms with van der Waals surface area (Å²) in [5.41, 5.74) is 0. The van der Waals surface area contributed by atoms with Crippen LogP contribution < -0.4 is 0 Å². The van der Waals surface area contributed by atoms with Crippen molar-refractivity contribution in [3.8, 4) is 0 Å². The molecule has 0 heterocycles. The Morgan fingerprint density at radius 2 is 1.38 bits per heavy atom. The molecule has 0 aromatic carbocycles. The first-order chi connectivity index (χ1) is 5.60. The second kappa shape index (κ2) is 4.97. The highest BCUT2D eigenvalue weighted by Crippen LogP contribution is 2.32. The molecule has 0 saturated heterocycles. The Balaban J connectivity index is 3.70. The van der Waals surface area contributed by atoms with Gasteiger partial charge in [0.25, 0.3) is 0 Å². The lowest BCUT2D eigenvalue weighted by Crippen LogP contribution is -2.18. The summed E-state index contributed by atoms with van der Waals surface area (Å²) < 4.78 is 0.810. The van der Waals surface area contributed by atoms with Crippen LogP contribution in [0.2, 0.25) is 0 Å². The first-order valence-electron chi connectivity index (χ1n) is 4.92. The van der Waals surface area contributed by atoms with Gasteiger partial charge in [0.05, 0.1) is 0 Å². The third-order valence-corrected chi connectivity index (χ3v) is 4.33. The minimum absolute atomic E-state index is 0.401. The third-order valence-electron chi connectivity index (χ3n) is 1.31. The van der Waals surface area contributed by atoms with Gasteiger partial charge in [-0.2, -0.15) is 23.5 Å². The minimum atomic E-state index is 0.401. The largest absolute Gasteiger partial charge is 0.155 e. The number of hydrogen-bond donors (Lipinski definition) is 0. The van der Waals surface area contributed by atoms with Gasteiger partial charge in [-0.15, -0.1) is 0 Å². The van der Waals surface area contributed by atoms with Crippen LogP contribution in [0.5, 0.6) is 0 Å². The first kappa shape index (κ1) is 13.7. The van der Waals surface area contributed by atoms with Crippen molar-refractivity contribution in [2.45, 2.75) is 63.2 Å². The Bertz CT molecular complexity index is 139. The van der Waals surface area contributed by atoms with Gasteiger partial charge in [-0.1, -0.05) is 48.5 Å². The first-order valence-corrected chi connectivity index (χ1v) is 6.78.